The van der Waals surface area contributed by atoms with E-state index < -0.39 is 11.8 Å². The highest BCUT2D eigenvalue weighted by atomic mass is 32.1. The molecule has 0 atom stereocenters. The number of hydrogen-bond acceptors (Lipinski definition) is 6. The van der Waals surface area contributed by atoms with E-state index in [0.717, 1.165) is 25.0 Å². The highest BCUT2D eigenvalue weighted by Gasteiger charge is 2.43. The first-order valence-corrected chi connectivity index (χ1v) is 10.8. The maximum atomic E-state index is 13.3. The summed E-state index contributed by atoms with van der Waals surface area (Å²) < 4.78 is 7.57. The molecule has 0 saturated carbocycles. The fourth-order valence-electron chi connectivity index (χ4n) is 3.97. The van der Waals surface area contributed by atoms with Crippen molar-refractivity contribution >= 4 is 65.8 Å². The second-order valence-electron chi connectivity index (χ2n) is 6.79. The van der Waals surface area contributed by atoms with Gasteiger partial charge in [-0.25, -0.2) is 0 Å². The molecule has 0 aliphatic carbocycles. The zero-order valence-corrected chi connectivity index (χ0v) is 17.7. The van der Waals surface area contributed by atoms with E-state index in [1.807, 2.05) is 55.5 Å². The summed E-state index contributed by atoms with van der Waals surface area (Å²) in [5.41, 5.74) is 1.76. The lowest BCUT2D eigenvalue weighted by molar-refractivity contribution is -0.132. The summed E-state index contributed by atoms with van der Waals surface area (Å²) in [4.78, 5) is 28.1. The summed E-state index contributed by atoms with van der Waals surface area (Å²) in [6.45, 7) is 1.93. The number of aryl methyl sites for hydroxylation is 1. The number of hydrogen-bond donors (Lipinski definition) is 0. The van der Waals surface area contributed by atoms with E-state index in [2.05, 4.69) is 0 Å². The first kappa shape index (κ1) is 18.6. The van der Waals surface area contributed by atoms with Gasteiger partial charge in [0.1, 0.15) is 0 Å². The Hall–Kier alpha value is -3.47. The van der Waals surface area contributed by atoms with Gasteiger partial charge in [-0.2, -0.15) is 10.2 Å². The molecule has 7 heteroatoms. The van der Waals surface area contributed by atoms with Crippen molar-refractivity contribution in [3.05, 3.63) is 64.5 Å². The molecule has 2 aromatic carbocycles. The Balaban J connectivity index is 1.94. The number of imide groups is 1. The van der Waals surface area contributed by atoms with Crippen LogP contribution in [0.15, 0.2) is 48.5 Å². The molecule has 0 bridgehead atoms. The third-order valence-electron chi connectivity index (χ3n) is 5.20. The third-order valence-corrected chi connectivity index (χ3v) is 7.42. The van der Waals surface area contributed by atoms with Crippen LogP contribution >= 0.6 is 22.7 Å². The lowest BCUT2D eigenvalue weighted by atomic mass is 9.94. The van der Waals surface area contributed by atoms with Crippen molar-refractivity contribution in [2.75, 3.05) is 7.11 Å². The molecule has 3 heterocycles. The van der Waals surface area contributed by atoms with Crippen molar-refractivity contribution < 1.29 is 14.3 Å². The Labute approximate surface area is 180 Å². The van der Waals surface area contributed by atoms with Crippen molar-refractivity contribution in [3.8, 4) is 11.3 Å². The maximum absolute atomic E-state index is 13.3. The molecular formula is C23H14N2O3S2. The Kier molecular flexibility index (Phi) is 4.21. The largest absolute Gasteiger partial charge is 0.487 e. The lowest BCUT2D eigenvalue weighted by Crippen LogP contribution is -2.26. The van der Waals surface area contributed by atoms with Crippen LogP contribution in [0.25, 0.3) is 31.3 Å². The molecule has 5 nitrogen and oxygen atoms in total. The Morgan fingerprint density at radius 2 is 1.40 bits per heavy atom. The van der Waals surface area contributed by atoms with E-state index in [-0.39, 0.29) is 11.1 Å². The second-order valence-corrected chi connectivity index (χ2v) is 9.06. The van der Waals surface area contributed by atoms with Gasteiger partial charge < -0.3 is 4.74 Å². The second kappa shape index (κ2) is 6.80. The minimum Gasteiger partial charge on any atom is -0.487 e. The molecule has 1 aliphatic heterocycles. The summed E-state index contributed by atoms with van der Waals surface area (Å²) in [5, 5.41) is 11.8. The number of amides is 2. The lowest BCUT2D eigenvalue weighted by Gasteiger charge is -2.07. The van der Waals surface area contributed by atoms with Crippen LogP contribution in [0.3, 0.4) is 0 Å². The molecule has 2 aromatic heterocycles. The smallest absolute Gasteiger partial charge is 0.275 e. The topological polar surface area (TPSA) is 70.4 Å². The van der Waals surface area contributed by atoms with E-state index in [1.54, 1.807) is 24.6 Å². The van der Waals surface area contributed by atoms with E-state index in [0.29, 0.717) is 21.1 Å². The van der Waals surface area contributed by atoms with E-state index in [9.17, 15) is 14.9 Å². The van der Waals surface area contributed by atoms with E-state index >= 15 is 0 Å². The number of fused-ring (bicyclic) bond motifs is 2. The number of carbonyl (C=O) groups excluding carboxylic acids is 2. The summed E-state index contributed by atoms with van der Waals surface area (Å²) >= 11 is 2.97. The van der Waals surface area contributed by atoms with Crippen LogP contribution in [0, 0.1) is 18.4 Å². The van der Waals surface area contributed by atoms with Crippen molar-refractivity contribution in [1.29, 1.82) is 5.26 Å². The number of ether oxygens (including phenoxy) is 1. The minimum absolute atomic E-state index is 0.225. The van der Waals surface area contributed by atoms with Gasteiger partial charge in [-0.3, -0.25) is 9.59 Å². The average Bonchev–Trinajstić information content (AvgIpc) is 3.36. The average molecular weight is 431 g/mol. The van der Waals surface area contributed by atoms with Gasteiger partial charge in [0.05, 0.1) is 18.3 Å². The van der Waals surface area contributed by atoms with Crippen molar-refractivity contribution in [2.24, 2.45) is 0 Å². The molecule has 30 heavy (non-hydrogen) atoms. The molecular weight excluding hydrogens is 416 g/mol. The monoisotopic (exact) mass is 430 g/mol. The Morgan fingerprint density at radius 1 is 0.867 bits per heavy atom. The van der Waals surface area contributed by atoms with Crippen LogP contribution in [0.2, 0.25) is 0 Å². The Bertz CT molecular complexity index is 1450. The van der Waals surface area contributed by atoms with E-state index in [1.165, 1.54) is 11.3 Å². The van der Waals surface area contributed by atoms with Crippen LogP contribution in [0.1, 0.15) is 16.0 Å². The van der Waals surface area contributed by atoms with Crippen LogP contribution in [0.4, 0.5) is 0 Å². The number of benzene rings is 2. The number of rotatable bonds is 3. The predicted molar refractivity (Wildman–Crippen MR) is 119 cm³/mol. The molecule has 4 aromatic rings. The van der Waals surface area contributed by atoms with Crippen LogP contribution in [-0.2, 0) is 9.59 Å². The van der Waals surface area contributed by atoms with Gasteiger partial charge in [-0.15, -0.1) is 11.3 Å². The summed E-state index contributed by atoms with van der Waals surface area (Å²) in [7, 11) is 1.54. The summed E-state index contributed by atoms with van der Waals surface area (Å²) in [6, 6.07) is 15.4. The normalized spacial score (nSPS) is 14.2. The molecule has 0 spiro atoms. The number of methoxy groups -OCH3 is 1. The van der Waals surface area contributed by atoms with Crippen molar-refractivity contribution in [3.63, 3.8) is 0 Å². The van der Waals surface area contributed by atoms with Crippen LogP contribution in [0.5, 0.6) is 5.06 Å². The number of nitriles is 1. The SMILES string of the molecule is COc1sc2ccccc2c1C1=C(c2c(C)sc3ccccc23)C(=O)N(C#N)C1=O. The highest BCUT2D eigenvalue weighted by molar-refractivity contribution is 7.21. The molecule has 146 valence electrons. The Morgan fingerprint density at radius 3 is 2.00 bits per heavy atom. The zero-order chi connectivity index (χ0) is 21.0. The quantitative estimate of drug-likeness (QED) is 0.331. The first-order chi connectivity index (χ1) is 14.6. The summed E-state index contributed by atoms with van der Waals surface area (Å²) in [6.07, 6.45) is 1.76. The molecule has 0 fully saturated rings. The number of thiophene rings is 2. The molecule has 0 unspecified atom stereocenters. The third kappa shape index (κ3) is 2.45. The molecule has 1 aliphatic rings. The predicted octanol–water partition coefficient (Wildman–Crippen LogP) is 5.19. The molecule has 0 saturated heterocycles. The van der Waals surface area contributed by atoms with Crippen molar-refractivity contribution in [1.82, 2.24) is 4.90 Å². The standard InChI is InChI=1S/C23H14N2O3S2/c1-12-17(13-7-3-5-9-15(13)29-12)19-20(22(27)25(11-24)21(19)26)18-14-8-4-6-10-16(14)30-23(18)28-2/h3-10H,1-2H3. The van der Waals surface area contributed by atoms with Gasteiger partial charge in [-0.1, -0.05) is 47.7 Å². The van der Waals surface area contributed by atoms with Gasteiger partial charge in [0.15, 0.2) is 11.3 Å². The summed E-state index contributed by atoms with van der Waals surface area (Å²) in [5.74, 6) is -1.21. The maximum Gasteiger partial charge on any atom is 0.275 e. The van der Waals surface area contributed by atoms with E-state index in [4.69, 9.17) is 4.74 Å². The van der Waals surface area contributed by atoms with Gasteiger partial charge in [0, 0.05) is 36.2 Å². The van der Waals surface area contributed by atoms with Crippen molar-refractivity contribution in [2.45, 2.75) is 6.92 Å². The molecule has 0 N–H and O–H groups in total. The fraction of sp³-hybridized carbons (Fsp3) is 0.0870. The van der Waals surface area contributed by atoms with Gasteiger partial charge in [0.25, 0.3) is 11.8 Å². The van der Waals surface area contributed by atoms with Crippen LogP contribution < -0.4 is 4.74 Å². The van der Waals surface area contributed by atoms with Gasteiger partial charge in [-0.05, 0) is 19.1 Å². The molecule has 5 rings (SSSR count). The molecule has 2 amide bonds. The first-order valence-electron chi connectivity index (χ1n) is 9.14. The zero-order valence-electron chi connectivity index (χ0n) is 16.1. The van der Waals surface area contributed by atoms with Gasteiger partial charge in [0.2, 0.25) is 0 Å². The van der Waals surface area contributed by atoms with Crippen LogP contribution in [-0.4, -0.2) is 23.8 Å². The highest BCUT2D eigenvalue weighted by Crippen LogP contribution is 2.49. The molecule has 0 radical (unpaired) electrons. The van der Waals surface area contributed by atoms with Gasteiger partial charge >= 0.3 is 0 Å². The minimum atomic E-state index is -0.617. The number of carbonyl (C=O) groups is 2. The fourth-order valence-corrected chi connectivity index (χ4v) is 6.06. The number of nitrogens with zero attached hydrogens (tertiary/aromatic N) is 2.